The highest BCUT2D eigenvalue weighted by molar-refractivity contribution is 5.18. The minimum Gasteiger partial charge on any atom is -0.330 e. The Kier molecular flexibility index (Phi) is 4.19. The molecule has 0 amide bonds. The molecule has 1 aromatic carbocycles. The van der Waals surface area contributed by atoms with Crippen LogP contribution in [0.25, 0.3) is 0 Å². The van der Waals surface area contributed by atoms with Gasteiger partial charge in [0, 0.05) is 12.1 Å². The van der Waals surface area contributed by atoms with Crippen LogP contribution >= 0.6 is 0 Å². The van der Waals surface area contributed by atoms with Gasteiger partial charge in [-0.25, -0.2) is 0 Å². The van der Waals surface area contributed by atoms with Crippen LogP contribution < -0.4 is 5.73 Å². The van der Waals surface area contributed by atoms with Gasteiger partial charge in [-0.1, -0.05) is 36.8 Å². The van der Waals surface area contributed by atoms with Gasteiger partial charge in [0.2, 0.25) is 0 Å². The summed E-state index contributed by atoms with van der Waals surface area (Å²) in [5.41, 5.74) is 7.27. The van der Waals surface area contributed by atoms with Crippen LogP contribution in [-0.2, 0) is 0 Å². The van der Waals surface area contributed by atoms with Gasteiger partial charge in [-0.15, -0.1) is 0 Å². The molecule has 1 aromatic rings. The van der Waals surface area contributed by atoms with Gasteiger partial charge in [0.25, 0.3) is 0 Å². The van der Waals surface area contributed by atoms with Crippen LogP contribution in [0.3, 0.4) is 0 Å². The molecule has 0 saturated heterocycles. The van der Waals surface area contributed by atoms with Crippen LogP contribution in [0, 0.1) is 5.92 Å². The average molecular weight is 232 g/mol. The van der Waals surface area contributed by atoms with Crippen molar-refractivity contribution in [2.75, 3.05) is 13.6 Å². The molecule has 1 aliphatic rings. The Labute approximate surface area is 105 Å². The predicted octanol–water partition coefficient (Wildman–Crippen LogP) is 2.81. The van der Waals surface area contributed by atoms with Crippen LogP contribution in [0.4, 0.5) is 0 Å². The zero-order chi connectivity index (χ0) is 12.3. The topological polar surface area (TPSA) is 29.3 Å². The summed E-state index contributed by atoms with van der Waals surface area (Å²) < 4.78 is 0. The van der Waals surface area contributed by atoms with Gasteiger partial charge < -0.3 is 5.73 Å². The van der Waals surface area contributed by atoms with Crippen LogP contribution in [0.5, 0.6) is 0 Å². The number of benzene rings is 1. The van der Waals surface area contributed by atoms with Crippen molar-refractivity contribution in [3.63, 3.8) is 0 Å². The molecule has 1 aliphatic carbocycles. The molecule has 2 heteroatoms. The second-order valence-electron chi connectivity index (χ2n) is 5.25. The lowest BCUT2D eigenvalue weighted by Gasteiger charge is -2.34. The SMILES string of the molecule is CC(c1ccccc1)N(C)C1CCCC1CN. The molecule has 0 radical (unpaired) electrons. The molecule has 0 bridgehead atoms. The number of nitrogens with two attached hydrogens (primary N) is 1. The summed E-state index contributed by atoms with van der Waals surface area (Å²) in [6.45, 7) is 3.12. The highest BCUT2D eigenvalue weighted by Crippen LogP contribution is 2.33. The molecule has 0 aliphatic heterocycles. The van der Waals surface area contributed by atoms with Gasteiger partial charge in [-0.05, 0) is 44.8 Å². The Bertz CT molecular complexity index is 336. The molecule has 17 heavy (non-hydrogen) atoms. The molecule has 1 fully saturated rings. The molecule has 2 rings (SSSR count). The third-order valence-corrected chi connectivity index (χ3v) is 4.34. The zero-order valence-corrected chi connectivity index (χ0v) is 11.0. The summed E-state index contributed by atoms with van der Waals surface area (Å²) in [6.07, 6.45) is 3.93. The standard InChI is InChI=1S/C15H24N2/c1-12(13-7-4-3-5-8-13)17(2)15-10-6-9-14(15)11-16/h3-5,7-8,12,14-15H,6,9-11,16H2,1-2H3. The van der Waals surface area contributed by atoms with Crippen molar-refractivity contribution in [1.82, 2.24) is 4.90 Å². The van der Waals surface area contributed by atoms with E-state index >= 15 is 0 Å². The lowest BCUT2D eigenvalue weighted by molar-refractivity contribution is 0.152. The van der Waals surface area contributed by atoms with Crippen molar-refractivity contribution >= 4 is 0 Å². The first-order chi connectivity index (χ1) is 8.24. The first-order valence-corrected chi connectivity index (χ1v) is 6.71. The smallest absolute Gasteiger partial charge is 0.0319 e. The van der Waals surface area contributed by atoms with Crippen molar-refractivity contribution in [2.24, 2.45) is 11.7 Å². The van der Waals surface area contributed by atoms with E-state index in [1.807, 2.05) is 0 Å². The van der Waals surface area contributed by atoms with Crippen LogP contribution in [-0.4, -0.2) is 24.5 Å². The minimum atomic E-state index is 0.480. The predicted molar refractivity (Wildman–Crippen MR) is 72.8 cm³/mol. The van der Waals surface area contributed by atoms with Gasteiger partial charge >= 0.3 is 0 Å². The van der Waals surface area contributed by atoms with Crippen LogP contribution in [0.15, 0.2) is 30.3 Å². The van der Waals surface area contributed by atoms with E-state index in [-0.39, 0.29) is 0 Å². The second-order valence-corrected chi connectivity index (χ2v) is 5.25. The molecule has 2 N–H and O–H groups in total. The van der Waals surface area contributed by atoms with E-state index in [0.29, 0.717) is 18.0 Å². The van der Waals surface area contributed by atoms with Gasteiger partial charge in [-0.3, -0.25) is 4.90 Å². The summed E-state index contributed by atoms with van der Waals surface area (Å²) >= 11 is 0. The van der Waals surface area contributed by atoms with E-state index in [9.17, 15) is 0 Å². The lowest BCUT2D eigenvalue weighted by atomic mass is 9.99. The molecule has 94 valence electrons. The summed E-state index contributed by atoms with van der Waals surface area (Å²) in [6, 6.07) is 11.9. The number of rotatable bonds is 4. The van der Waals surface area contributed by atoms with Gasteiger partial charge in [-0.2, -0.15) is 0 Å². The molecule has 3 atom stereocenters. The average Bonchev–Trinajstić information content (AvgIpc) is 2.86. The summed E-state index contributed by atoms with van der Waals surface area (Å²) in [4.78, 5) is 2.51. The largest absolute Gasteiger partial charge is 0.330 e. The molecular formula is C15H24N2. The quantitative estimate of drug-likeness (QED) is 0.865. The summed E-state index contributed by atoms with van der Waals surface area (Å²) in [7, 11) is 2.25. The third-order valence-electron chi connectivity index (χ3n) is 4.34. The van der Waals surface area contributed by atoms with Gasteiger partial charge in [0.15, 0.2) is 0 Å². The van der Waals surface area contributed by atoms with E-state index in [1.54, 1.807) is 0 Å². The van der Waals surface area contributed by atoms with E-state index < -0.39 is 0 Å². The molecule has 3 unspecified atom stereocenters. The zero-order valence-electron chi connectivity index (χ0n) is 11.0. The molecule has 0 aromatic heterocycles. The third kappa shape index (κ3) is 2.70. The van der Waals surface area contributed by atoms with Gasteiger partial charge in [0.1, 0.15) is 0 Å². The highest BCUT2D eigenvalue weighted by Gasteiger charge is 2.31. The minimum absolute atomic E-state index is 0.480. The normalized spacial score (nSPS) is 26.4. The molecule has 2 nitrogen and oxygen atoms in total. The van der Waals surface area contributed by atoms with Crippen molar-refractivity contribution in [1.29, 1.82) is 0 Å². The van der Waals surface area contributed by atoms with E-state index in [4.69, 9.17) is 5.73 Å². The second kappa shape index (κ2) is 5.65. The van der Waals surface area contributed by atoms with Gasteiger partial charge in [0.05, 0.1) is 0 Å². The molecule has 0 spiro atoms. The summed E-state index contributed by atoms with van der Waals surface area (Å²) in [5, 5.41) is 0. The van der Waals surface area contributed by atoms with Crippen molar-refractivity contribution < 1.29 is 0 Å². The van der Waals surface area contributed by atoms with E-state index in [0.717, 1.165) is 6.54 Å². The maximum absolute atomic E-state index is 5.87. The Hall–Kier alpha value is -0.860. The van der Waals surface area contributed by atoms with E-state index in [1.165, 1.54) is 24.8 Å². The Morgan fingerprint density at radius 3 is 2.65 bits per heavy atom. The van der Waals surface area contributed by atoms with Crippen molar-refractivity contribution in [2.45, 2.75) is 38.3 Å². The fourth-order valence-corrected chi connectivity index (χ4v) is 3.08. The fraction of sp³-hybridized carbons (Fsp3) is 0.600. The molecule has 1 saturated carbocycles. The summed E-state index contributed by atoms with van der Waals surface area (Å²) in [5.74, 6) is 0.686. The number of nitrogens with zero attached hydrogens (tertiary/aromatic N) is 1. The Morgan fingerprint density at radius 1 is 1.29 bits per heavy atom. The molecular weight excluding hydrogens is 208 g/mol. The Morgan fingerprint density at radius 2 is 2.00 bits per heavy atom. The monoisotopic (exact) mass is 232 g/mol. The van der Waals surface area contributed by atoms with E-state index in [2.05, 4.69) is 49.2 Å². The lowest BCUT2D eigenvalue weighted by Crippen LogP contribution is -2.39. The van der Waals surface area contributed by atoms with Crippen LogP contribution in [0.2, 0.25) is 0 Å². The number of hydrogen-bond donors (Lipinski definition) is 1. The first-order valence-electron chi connectivity index (χ1n) is 6.71. The number of hydrogen-bond acceptors (Lipinski definition) is 2. The Balaban J connectivity index is 2.07. The fourth-order valence-electron chi connectivity index (χ4n) is 3.08. The maximum Gasteiger partial charge on any atom is 0.0319 e. The van der Waals surface area contributed by atoms with Crippen molar-refractivity contribution in [3.05, 3.63) is 35.9 Å². The first kappa shape index (κ1) is 12.6. The van der Waals surface area contributed by atoms with Crippen LogP contribution in [0.1, 0.15) is 37.8 Å². The molecule has 0 heterocycles. The highest BCUT2D eigenvalue weighted by atomic mass is 15.2. The van der Waals surface area contributed by atoms with Crippen molar-refractivity contribution in [3.8, 4) is 0 Å². The maximum atomic E-state index is 5.87.